The predicted molar refractivity (Wildman–Crippen MR) is 137 cm³/mol. The minimum absolute atomic E-state index is 0.0499. The molecule has 0 spiro atoms. The van der Waals surface area contributed by atoms with Crippen LogP contribution in [-0.4, -0.2) is 61.7 Å². The fraction of sp³-hybridized carbons (Fsp3) is 0.480. The smallest absolute Gasteiger partial charge is 0.254 e. The molecular formula is C25H31N7OS. The molecule has 5 heterocycles. The number of hydrogen-bond acceptors (Lipinski definition) is 7. The molecule has 1 saturated heterocycles. The van der Waals surface area contributed by atoms with Gasteiger partial charge in [0, 0.05) is 31.9 Å². The Balaban J connectivity index is 1.47. The van der Waals surface area contributed by atoms with Gasteiger partial charge in [-0.2, -0.15) is 5.10 Å². The molecule has 1 aliphatic heterocycles. The Labute approximate surface area is 203 Å². The number of piperazine rings is 1. The van der Waals surface area contributed by atoms with Crippen LogP contribution in [-0.2, 0) is 5.54 Å². The van der Waals surface area contributed by atoms with Crippen molar-refractivity contribution in [2.45, 2.75) is 53.0 Å². The molecular weight excluding hydrogens is 446 g/mol. The average molecular weight is 478 g/mol. The third-order valence-corrected chi connectivity index (χ3v) is 7.22. The summed E-state index contributed by atoms with van der Waals surface area (Å²) in [4.78, 5) is 32.9. The fourth-order valence-corrected chi connectivity index (χ4v) is 5.29. The quantitative estimate of drug-likeness (QED) is 0.430. The monoisotopic (exact) mass is 477 g/mol. The second-order valence-electron chi connectivity index (χ2n) is 10.2. The maximum Gasteiger partial charge on any atom is 0.254 e. The highest BCUT2D eigenvalue weighted by molar-refractivity contribution is 7.16. The highest BCUT2D eigenvalue weighted by atomic mass is 32.1. The molecule has 5 rings (SSSR count). The van der Waals surface area contributed by atoms with Crippen LogP contribution in [0.25, 0.3) is 21.3 Å². The van der Waals surface area contributed by atoms with Crippen molar-refractivity contribution in [1.29, 1.82) is 0 Å². The van der Waals surface area contributed by atoms with Crippen LogP contribution >= 0.6 is 11.3 Å². The molecule has 34 heavy (non-hydrogen) atoms. The maximum atomic E-state index is 13.8. The first kappa shape index (κ1) is 22.7. The van der Waals surface area contributed by atoms with E-state index < -0.39 is 0 Å². The Morgan fingerprint density at radius 2 is 1.85 bits per heavy atom. The molecule has 0 aliphatic carbocycles. The average Bonchev–Trinajstić information content (AvgIpc) is 3.42. The molecule has 178 valence electrons. The van der Waals surface area contributed by atoms with Gasteiger partial charge < -0.3 is 9.80 Å². The number of anilines is 1. The summed E-state index contributed by atoms with van der Waals surface area (Å²) < 4.78 is 1.96. The number of aromatic nitrogens is 5. The Hall–Kier alpha value is -3.07. The van der Waals surface area contributed by atoms with E-state index in [1.807, 2.05) is 28.0 Å². The highest BCUT2D eigenvalue weighted by Gasteiger charge is 2.29. The lowest BCUT2D eigenvalue weighted by atomic mass is 10.0. The van der Waals surface area contributed by atoms with Gasteiger partial charge in [0.05, 0.1) is 27.6 Å². The van der Waals surface area contributed by atoms with Crippen LogP contribution in [0.2, 0.25) is 0 Å². The maximum absolute atomic E-state index is 13.8. The van der Waals surface area contributed by atoms with E-state index in [2.05, 4.69) is 55.6 Å². The zero-order valence-corrected chi connectivity index (χ0v) is 21.5. The largest absolute Gasteiger partial charge is 0.352 e. The molecule has 0 bridgehead atoms. The minimum Gasteiger partial charge on any atom is -0.352 e. The number of amides is 1. The van der Waals surface area contributed by atoms with Crippen LogP contribution in [0.1, 0.15) is 62.3 Å². The van der Waals surface area contributed by atoms with Crippen LogP contribution in [0.4, 0.5) is 5.82 Å². The third-order valence-electron chi connectivity index (χ3n) is 6.40. The van der Waals surface area contributed by atoms with Gasteiger partial charge in [-0.3, -0.25) is 4.79 Å². The van der Waals surface area contributed by atoms with Gasteiger partial charge in [-0.1, -0.05) is 13.8 Å². The Bertz CT molecular complexity index is 1370. The lowest BCUT2D eigenvalue weighted by molar-refractivity contribution is 0.0748. The zero-order chi connectivity index (χ0) is 24.2. The first-order chi connectivity index (χ1) is 16.1. The number of fused-ring (bicyclic) bond motifs is 2. The third kappa shape index (κ3) is 3.81. The van der Waals surface area contributed by atoms with Gasteiger partial charge in [-0.25, -0.2) is 19.6 Å². The molecule has 0 unspecified atom stereocenters. The summed E-state index contributed by atoms with van der Waals surface area (Å²) in [7, 11) is 0. The number of rotatable bonds is 3. The number of thiophene rings is 1. The first-order valence-corrected chi connectivity index (χ1v) is 12.7. The van der Waals surface area contributed by atoms with E-state index >= 15 is 0 Å². The van der Waals surface area contributed by atoms with Gasteiger partial charge in [0.1, 0.15) is 17.0 Å². The molecule has 8 nitrogen and oxygen atoms in total. The van der Waals surface area contributed by atoms with Gasteiger partial charge >= 0.3 is 0 Å². The van der Waals surface area contributed by atoms with Crippen LogP contribution in [0.5, 0.6) is 0 Å². The van der Waals surface area contributed by atoms with Gasteiger partial charge in [-0.15, -0.1) is 11.3 Å². The number of aryl methyl sites for hydroxylation is 1. The van der Waals surface area contributed by atoms with Crippen LogP contribution in [0.3, 0.4) is 0 Å². The molecule has 0 N–H and O–H groups in total. The fourth-order valence-electron chi connectivity index (χ4n) is 4.56. The van der Waals surface area contributed by atoms with E-state index in [1.54, 1.807) is 17.7 Å². The second-order valence-corrected chi connectivity index (χ2v) is 11.1. The van der Waals surface area contributed by atoms with Crippen molar-refractivity contribution in [2.75, 3.05) is 31.1 Å². The first-order valence-electron chi connectivity index (χ1n) is 11.8. The summed E-state index contributed by atoms with van der Waals surface area (Å²) in [5.41, 5.74) is 3.03. The van der Waals surface area contributed by atoms with Crippen molar-refractivity contribution in [3.8, 4) is 0 Å². The number of pyridine rings is 1. The molecule has 1 fully saturated rings. The standard InChI is InChI=1S/C25H31N7OS/c1-15(2)19-13-18(20-16(3)29-32(22(20)28-19)25(4,5)6)24(33)31-10-8-30(9-11-31)21-17-7-12-34-23(17)27-14-26-21/h7,12-15H,8-11H2,1-6H3. The number of nitrogens with zero attached hydrogens (tertiary/aromatic N) is 7. The molecule has 4 aromatic heterocycles. The summed E-state index contributed by atoms with van der Waals surface area (Å²) >= 11 is 1.62. The summed E-state index contributed by atoms with van der Waals surface area (Å²) in [5, 5.41) is 8.77. The predicted octanol–water partition coefficient (Wildman–Crippen LogP) is 4.59. The van der Waals surface area contributed by atoms with E-state index in [-0.39, 0.29) is 17.4 Å². The Kier molecular flexibility index (Phi) is 5.55. The Morgan fingerprint density at radius 3 is 2.53 bits per heavy atom. The molecule has 9 heteroatoms. The SMILES string of the molecule is Cc1nn(C(C)(C)C)c2nc(C(C)C)cc(C(=O)N3CCN(c4ncnc5sccc45)CC3)c12. The Morgan fingerprint density at radius 1 is 1.12 bits per heavy atom. The van der Waals surface area contributed by atoms with E-state index in [9.17, 15) is 4.79 Å². The molecule has 1 aliphatic rings. The van der Waals surface area contributed by atoms with Gasteiger partial charge in [0.15, 0.2) is 5.65 Å². The summed E-state index contributed by atoms with van der Waals surface area (Å²) in [6.07, 6.45) is 1.63. The van der Waals surface area contributed by atoms with Crippen molar-refractivity contribution >= 4 is 44.3 Å². The second kappa shape index (κ2) is 8.30. The molecule has 4 aromatic rings. The summed E-state index contributed by atoms with van der Waals surface area (Å²) in [6.45, 7) is 15.3. The summed E-state index contributed by atoms with van der Waals surface area (Å²) in [6, 6.07) is 4.05. The minimum atomic E-state index is -0.231. The van der Waals surface area contributed by atoms with Crippen LogP contribution in [0, 0.1) is 6.92 Å². The molecule has 1 amide bonds. The summed E-state index contributed by atoms with van der Waals surface area (Å²) in [5.74, 6) is 1.21. The molecule has 0 radical (unpaired) electrons. The lowest BCUT2D eigenvalue weighted by Crippen LogP contribution is -2.49. The van der Waals surface area contributed by atoms with Crippen molar-refractivity contribution in [3.05, 3.63) is 40.8 Å². The normalized spacial score (nSPS) is 15.1. The molecule has 0 atom stereocenters. The van der Waals surface area contributed by atoms with Crippen molar-refractivity contribution in [2.24, 2.45) is 0 Å². The van der Waals surface area contributed by atoms with Crippen LogP contribution < -0.4 is 4.90 Å². The van der Waals surface area contributed by atoms with Gasteiger partial charge in [0.25, 0.3) is 5.91 Å². The molecule has 0 aromatic carbocycles. The lowest BCUT2D eigenvalue weighted by Gasteiger charge is -2.35. The van der Waals surface area contributed by atoms with Crippen molar-refractivity contribution in [1.82, 2.24) is 29.6 Å². The van der Waals surface area contributed by atoms with Gasteiger partial charge in [0.2, 0.25) is 0 Å². The topological polar surface area (TPSA) is 80.0 Å². The van der Waals surface area contributed by atoms with Crippen molar-refractivity contribution < 1.29 is 4.79 Å². The van der Waals surface area contributed by atoms with Crippen molar-refractivity contribution in [3.63, 3.8) is 0 Å². The van der Waals surface area contributed by atoms with E-state index in [0.717, 1.165) is 51.5 Å². The van der Waals surface area contributed by atoms with Gasteiger partial charge in [-0.05, 0) is 51.1 Å². The number of carbonyl (C=O) groups is 1. The number of hydrogen-bond donors (Lipinski definition) is 0. The van der Waals surface area contributed by atoms with E-state index in [0.29, 0.717) is 18.7 Å². The van der Waals surface area contributed by atoms with Crippen LogP contribution in [0.15, 0.2) is 23.8 Å². The number of carbonyl (C=O) groups excluding carboxylic acids is 1. The zero-order valence-electron chi connectivity index (χ0n) is 20.7. The molecule has 0 saturated carbocycles. The highest BCUT2D eigenvalue weighted by Crippen LogP contribution is 2.31. The van der Waals surface area contributed by atoms with E-state index in [4.69, 9.17) is 10.1 Å². The van der Waals surface area contributed by atoms with E-state index in [1.165, 1.54) is 0 Å².